The van der Waals surface area contributed by atoms with Crippen molar-refractivity contribution in [1.82, 2.24) is 5.32 Å². The van der Waals surface area contributed by atoms with Gasteiger partial charge in [0.1, 0.15) is 5.75 Å². The van der Waals surface area contributed by atoms with Crippen molar-refractivity contribution >= 4 is 0 Å². The zero-order chi connectivity index (χ0) is 15.5. The first-order chi connectivity index (χ1) is 10.9. The summed E-state index contributed by atoms with van der Waals surface area (Å²) in [6.45, 7) is 4.80. The molecule has 0 aliphatic carbocycles. The summed E-state index contributed by atoms with van der Waals surface area (Å²) < 4.78 is 5.83. The number of benzene rings is 2. The molecular weight excluding hydrogens is 270 g/mol. The Balaban J connectivity index is 1.71. The van der Waals surface area contributed by atoms with Crippen molar-refractivity contribution in [1.29, 1.82) is 0 Å². The third-order valence-corrected chi connectivity index (χ3v) is 3.67. The Labute approximate surface area is 134 Å². The van der Waals surface area contributed by atoms with E-state index in [2.05, 4.69) is 54.7 Å². The SMILES string of the molecule is CCCCCCOc1cccc(CNCc2ccccc2)c1. The largest absolute Gasteiger partial charge is 0.494 e. The van der Waals surface area contributed by atoms with Gasteiger partial charge in [0.2, 0.25) is 0 Å². The Hall–Kier alpha value is -1.80. The van der Waals surface area contributed by atoms with E-state index in [0.29, 0.717) is 0 Å². The molecule has 0 atom stereocenters. The summed E-state index contributed by atoms with van der Waals surface area (Å²) in [5, 5.41) is 3.47. The van der Waals surface area contributed by atoms with Gasteiger partial charge in [0.25, 0.3) is 0 Å². The molecule has 0 heterocycles. The van der Waals surface area contributed by atoms with Crippen molar-refractivity contribution in [2.45, 2.75) is 45.7 Å². The average Bonchev–Trinajstić information content (AvgIpc) is 2.56. The molecule has 0 saturated carbocycles. The summed E-state index contributed by atoms with van der Waals surface area (Å²) in [4.78, 5) is 0. The van der Waals surface area contributed by atoms with E-state index in [0.717, 1.165) is 31.9 Å². The molecule has 2 nitrogen and oxygen atoms in total. The molecular formula is C20H27NO. The van der Waals surface area contributed by atoms with Gasteiger partial charge in [-0.2, -0.15) is 0 Å². The van der Waals surface area contributed by atoms with Crippen LogP contribution in [0.25, 0.3) is 0 Å². The van der Waals surface area contributed by atoms with E-state index in [1.54, 1.807) is 0 Å². The van der Waals surface area contributed by atoms with E-state index >= 15 is 0 Å². The zero-order valence-corrected chi connectivity index (χ0v) is 13.6. The molecule has 1 N–H and O–H groups in total. The minimum absolute atomic E-state index is 0.820. The van der Waals surface area contributed by atoms with Crippen LogP contribution in [0.1, 0.15) is 43.7 Å². The monoisotopic (exact) mass is 297 g/mol. The van der Waals surface area contributed by atoms with E-state index < -0.39 is 0 Å². The molecule has 0 fully saturated rings. The normalized spacial score (nSPS) is 10.6. The second kappa shape index (κ2) is 10.0. The van der Waals surface area contributed by atoms with Gasteiger partial charge in [0, 0.05) is 13.1 Å². The number of ether oxygens (including phenoxy) is 1. The van der Waals surface area contributed by atoms with Crippen LogP contribution in [-0.4, -0.2) is 6.61 Å². The molecule has 2 heteroatoms. The van der Waals surface area contributed by atoms with Crippen LogP contribution in [0.4, 0.5) is 0 Å². The molecule has 0 bridgehead atoms. The number of hydrogen-bond donors (Lipinski definition) is 1. The first-order valence-electron chi connectivity index (χ1n) is 8.35. The topological polar surface area (TPSA) is 21.3 Å². The predicted molar refractivity (Wildman–Crippen MR) is 93.1 cm³/mol. The molecule has 0 saturated heterocycles. The summed E-state index contributed by atoms with van der Waals surface area (Å²) in [5.41, 5.74) is 2.58. The Morgan fingerprint density at radius 2 is 1.59 bits per heavy atom. The van der Waals surface area contributed by atoms with Crippen LogP contribution in [0, 0.1) is 0 Å². The quantitative estimate of drug-likeness (QED) is 0.627. The fourth-order valence-electron chi connectivity index (χ4n) is 2.41. The van der Waals surface area contributed by atoms with Crippen LogP contribution in [0.5, 0.6) is 5.75 Å². The Bertz CT molecular complexity index is 524. The molecule has 0 spiro atoms. The van der Waals surface area contributed by atoms with Crippen LogP contribution in [0.3, 0.4) is 0 Å². The first kappa shape index (κ1) is 16.6. The molecule has 0 aromatic heterocycles. The van der Waals surface area contributed by atoms with Gasteiger partial charge in [-0.15, -0.1) is 0 Å². The molecule has 22 heavy (non-hydrogen) atoms. The first-order valence-corrected chi connectivity index (χ1v) is 8.35. The second-order valence-corrected chi connectivity index (χ2v) is 5.65. The van der Waals surface area contributed by atoms with Gasteiger partial charge in [0.05, 0.1) is 6.61 Å². The standard InChI is InChI=1S/C20H27NO/c1-2-3-4-8-14-22-20-13-9-12-19(15-20)17-21-16-18-10-6-5-7-11-18/h5-7,9-13,15,21H,2-4,8,14,16-17H2,1H3. The highest BCUT2D eigenvalue weighted by Gasteiger charge is 1.98. The molecule has 0 unspecified atom stereocenters. The van der Waals surface area contributed by atoms with Gasteiger partial charge in [0.15, 0.2) is 0 Å². The van der Waals surface area contributed by atoms with E-state index in [-0.39, 0.29) is 0 Å². The number of unbranched alkanes of at least 4 members (excludes halogenated alkanes) is 3. The van der Waals surface area contributed by atoms with Crippen molar-refractivity contribution < 1.29 is 4.74 Å². The molecule has 118 valence electrons. The van der Waals surface area contributed by atoms with Gasteiger partial charge in [-0.05, 0) is 29.7 Å². The van der Waals surface area contributed by atoms with E-state index in [1.807, 2.05) is 12.1 Å². The van der Waals surface area contributed by atoms with Crippen LogP contribution < -0.4 is 10.1 Å². The van der Waals surface area contributed by atoms with Crippen molar-refractivity contribution in [2.75, 3.05) is 6.61 Å². The molecule has 0 aliphatic rings. The maximum atomic E-state index is 5.83. The smallest absolute Gasteiger partial charge is 0.119 e. The Kier molecular flexibility index (Phi) is 7.54. The van der Waals surface area contributed by atoms with E-state index in [1.165, 1.54) is 30.4 Å². The maximum absolute atomic E-state index is 5.83. The molecule has 2 aromatic rings. The van der Waals surface area contributed by atoms with Crippen LogP contribution in [0.15, 0.2) is 54.6 Å². The summed E-state index contributed by atoms with van der Waals surface area (Å²) in [5.74, 6) is 0.982. The highest BCUT2D eigenvalue weighted by Crippen LogP contribution is 2.14. The highest BCUT2D eigenvalue weighted by molar-refractivity contribution is 5.28. The van der Waals surface area contributed by atoms with Crippen LogP contribution >= 0.6 is 0 Å². The highest BCUT2D eigenvalue weighted by atomic mass is 16.5. The lowest BCUT2D eigenvalue weighted by atomic mass is 10.2. The van der Waals surface area contributed by atoms with Gasteiger partial charge < -0.3 is 10.1 Å². The van der Waals surface area contributed by atoms with Crippen LogP contribution in [0.2, 0.25) is 0 Å². The number of rotatable bonds is 10. The second-order valence-electron chi connectivity index (χ2n) is 5.65. The number of nitrogens with one attached hydrogen (secondary N) is 1. The minimum Gasteiger partial charge on any atom is -0.494 e. The van der Waals surface area contributed by atoms with Crippen molar-refractivity contribution in [3.8, 4) is 5.75 Å². The average molecular weight is 297 g/mol. The molecule has 0 aliphatic heterocycles. The summed E-state index contributed by atoms with van der Waals surface area (Å²) in [7, 11) is 0. The maximum Gasteiger partial charge on any atom is 0.119 e. The molecule has 2 aromatic carbocycles. The predicted octanol–water partition coefficient (Wildman–Crippen LogP) is 4.94. The van der Waals surface area contributed by atoms with Gasteiger partial charge in [-0.3, -0.25) is 0 Å². The third-order valence-electron chi connectivity index (χ3n) is 3.67. The summed E-state index contributed by atoms with van der Waals surface area (Å²) >= 11 is 0. The van der Waals surface area contributed by atoms with E-state index in [9.17, 15) is 0 Å². The lowest BCUT2D eigenvalue weighted by molar-refractivity contribution is 0.304. The fraction of sp³-hybridized carbons (Fsp3) is 0.400. The fourth-order valence-corrected chi connectivity index (χ4v) is 2.41. The van der Waals surface area contributed by atoms with Crippen molar-refractivity contribution in [3.05, 3.63) is 65.7 Å². The third kappa shape index (κ3) is 6.31. The molecule has 0 amide bonds. The lowest BCUT2D eigenvalue weighted by Crippen LogP contribution is -2.12. The van der Waals surface area contributed by atoms with Gasteiger partial charge >= 0.3 is 0 Å². The van der Waals surface area contributed by atoms with E-state index in [4.69, 9.17) is 4.74 Å². The van der Waals surface area contributed by atoms with Gasteiger partial charge in [-0.25, -0.2) is 0 Å². The Morgan fingerprint density at radius 3 is 2.41 bits per heavy atom. The van der Waals surface area contributed by atoms with Crippen LogP contribution in [-0.2, 0) is 13.1 Å². The lowest BCUT2D eigenvalue weighted by Gasteiger charge is -2.09. The number of hydrogen-bond acceptors (Lipinski definition) is 2. The Morgan fingerprint density at radius 1 is 0.818 bits per heavy atom. The summed E-state index contributed by atoms with van der Waals surface area (Å²) in [6.07, 6.45) is 4.97. The van der Waals surface area contributed by atoms with Crippen molar-refractivity contribution in [3.63, 3.8) is 0 Å². The molecule has 0 radical (unpaired) electrons. The van der Waals surface area contributed by atoms with Crippen molar-refractivity contribution in [2.24, 2.45) is 0 Å². The van der Waals surface area contributed by atoms with Gasteiger partial charge in [-0.1, -0.05) is 68.7 Å². The molecule has 2 rings (SSSR count). The zero-order valence-electron chi connectivity index (χ0n) is 13.6. The summed E-state index contributed by atoms with van der Waals surface area (Å²) in [6, 6.07) is 18.9. The minimum atomic E-state index is 0.820.